The van der Waals surface area contributed by atoms with E-state index in [0.717, 1.165) is 30.5 Å². The summed E-state index contributed by atoms with van der Waals surface area (Å²) in [5.41, 5.74) is 2.93. The molecule has 1 N–H and O–H groups in total. The fourth-order valence-electron chi connectivity index (χ4n) is 4.67. The Morgan fingerprint density at radius 2 is 1.85 bits per heavy atom. The molecule has 0 aromatic heterocycles. The van der Waals surface area contributed by atoms with Gasteiger partial charge in [0.25, 0.3) is 0 Å². The summed E-state index contributed by atoms with van der Waals surface area (Å²) >= 11 is 0. The van der Waals surface area contributed by atoms with Gasteiger partial charge in [-0.1, -0.05) is 24.3 Å². The van der Waals surface area contributed by atoms with E-state index < -0.39 is 12.0 Å². The van der Waals surface area contributed by atoms with Gasteiger partial charge >= 0.3 is 18.0 Å². The molecule has 3 rings (SSSR count). The molecule has 2 atom stereocenters. The Balaban J connectivity index is 2.02. The Kier molecular flexibility index (Phi) is 8.49. The third-order valence-electron chi connectivity index (χ3n) is 6.25. The zero-order valence-corrected chi connectivity index (χ0v) is 20.1. The molecule has 180 valence electrons. The van der Waals surface area contributed by atoms with Crippen molar-refractivity contribution < 1.29 is 23.9 Å². The fraction of sp³-hybridized carbons (Fsp3) is 0.560. The van der Waals surface area contributed by atoms with E-state index in [4.69, 9.17) is 9.47 Å². The van der Waals surface area contributed by atoms with Gasteiger partial charge in [-0.15, -0.1) is 0 Å². The molecule has 0 spiro atoms. The highest BCUT2D eigenvalue weighted by Gasteiger charge is 2.39. The second-order valence-electron chi connectivity index (χ2n) is 8.39. The van der Waals surface area contributed by atoms with Gasteiger partial charge < -0.3 is 14.8 Å². The Bertz CT molecular complexity index is 913. The van der Waals surface area contributed by atoms with Gasteiger partial charge in [-0.3, -0.25) is 14.6 Å². The maximum Gasteiger partial charge on any atom is 0.338 e. The van der Waals surface area contributed by atoms with E-state index in [-0.39, 0.29) is 24.5 Å². The topological polar surface area (TPSA) is 88.2 Å². The van der Waals surface area contributed by atoms with E-state index in [0.29, 0.717) is 37.5 Å². The van der Waals surface area contributed by atoms with Crippen molar-refractivity contribution in [1.82, 2.24) is 15.1 Å². The number of ether oxygens (including phenoxy) is 2. The van der Waals surface area contributed by atoms with Crippen molar-refractivity contribution in [3.8, 4) is 0 Å². The van der Waals surface area contributed by atoms with Crippen LogP contribution in [0.2, 0.25) is 0 Å². The number of likely N-dealkylation sites (N-methyl/N-ethyl adjacent to an activating group) is 1. The van der Waals surface area contributed by atoms with Crippen LogP contribution in [0.25, 0.3) is 0 Å². The number of carbonyl (C=O) groups is 3. The number of rotatable bonds is 8. The Morgan fingerprint density at radius 3 is 2.52 bits per heavy atom. The Labute approximate surface area is 195 Å². The lowest BCUT2D eigenvalue weighted by atomic mass is 9.91. The first kappa shape index (κ1) is 24.8. The van der Waals surface area contributed by atoms with E-state index in [2.05, 4.69) is 10.2 Å². The zero-order chi connectivity index (χ0) is 24.0. The van der Waals surface area contributed by atoms with Crippen LogP contribution in [0, 0.1) is 12.8 Å². The van der Waals surface area contributed by atoms with E-state index in [9.17, 15) is 14.4 Å². The number of hydrogen-bond donors (Lipinski definition) is 1. The first-order chi connectivity index (χ1) is 15.9. The summed E-state index contributed by atoms with van der Waals surface area (Å²) in [4.78, 5) is 42.4. The second kappa shape index (κ2) is 11.3. The van der Waals surface area contributed by atoms with Crippen LogP contribution < -0.4 is 5.32 Å². The first-order valence-corrected chi connectivity index (χ1v) is 11.8. The molecule has 8 nitrogen and oxygen atoms in total. The van der Waals surface area contributed by atoms with Crippen LogP contribution >= 0.6 is 0 Å². The minimum atomic E-state index is -0.596. The first-order valence-electron chi connectivity index (χ1n) is 11.8. The van der Waals surface area contributed by atoms with Crippen LogP contribution in [-0.4, -0.2) is 67.2 Å². The number of piperidine rings is 1. The minimum Gasteiger partial charge on any atom is -0.466 e. The summed E-state index contributed by atoms with van der Waals surface area (Å²) in [5.74, 6) is -0.823. The van der Waals surface area contributed by atoms with Crippen LogP contribution in [0.5, 0.6) is 0 Å². The number of nitrogens with one attached hydrogen (secondary N) is 1. The summed E-state index contributed by atoms with van der Waals surface area (Å²) < 4.78 is 10.7. The van der Waals surface area contributed by atoms with Crippen molar-refractivity contribution in [2.75, 3.05) is 39.4 Å². The smallest absolute Gasteiger partial charge is 0.338 e. The van der Waals surface area contributed by atoms with E-state index in [1.807, 2.05) is 38.1 Å². The molecular weight excluding hydrogens is 422 g/mol. The predicted molar refractivity (Wildman–Crippen MR) is 124 cm³/mol. The lowest BCUT2D eigenvalue weighted by Crippen LogP contribution is -2.52. The number of benzene rings is 1. The number of esters is 2. The molecule has 33 heavy (non-hydrogen) atoms. The molecule has 2 aliphatic rings. The summed E-state index contributed by atoms with van der Waals surface area (Å²) in [7, 11) is 0. The number of aryl methyl sites for hydroxylation is 1. The van der Waals surface area contributed by atoms with Gasteiger partial charge in [0.1, 0.15) is 0 Å². The molecule has 1 fully saturated rings. The third kappa shape index (κ3) is 5.55. The minimum absolute atomic E-state index is 0.187. The van der Waals surface area contributed by atoms with Gasteiger partial charge in [-0.2, -0.15) is 0 Å². The normalized spacial score (nSPS) is 21.6. The molecule has 0 unspecified atom stereocenters. The van der Waals surface area contributed by atoms with Crippen molar-refractivity contribution in [2.45, 2.75) is 46.6 Å². The predicted octanol–water partition coefficient (Wildman–Crippen LogP) is 3.17. The van der Waals surface area contributed by atoms with E-state index in [1.165, 1.54) is 0 Å². The molecule has 1 aromatic rings. The lowest BCUT2D eigenvalue weighted by Gasteiger charge is -2.40. The molecule has 1 aromatic carbocycles. The van der Waals surface area contributed by atoms with Gasteiger partial charge in [0.15, 0.2) is 0 Å². The van der Waals surface area contributed by atoms with Crippen LogP contribution in [0.4, 0.5) is 4.79 Å². The number of amides is 2. The van der Waals surface area contributed by atoms with Crippen LogP contribution in [-0.2, 0) is 19.1 Å². The van der Waals surface area contributed by atoms with Crippen LogP contribution in [0.15, 0.2) is 35.5 Å². The van der Waals surface area contributed by atoms with Gasteiger partial charge in [0, 0.05) is 25.3 Å². The molecule has 0 saturated carbocycles. The molecule has 0 bridgehead atoms. The third-order valence-corrected chi connectivity index (χ3v) is 6.25. The molecule has 2 aliphatic heterocycles. The van der Waals surface area contributed by atoms with Gasteiger partial charge in [-0.05, 0) is 58.2 Å². The SMILES string of the molecule is CCOC(=O)C1=C(CN2CCC[C@H](C(=O)OCC)C2)N(CC)C(=O)N[C@H]1c1ccccc1C. The fourth-order valence-corrected chi connectivity index (χ4v) is 4.67. The quantitative estimate of drug-likeness (QED) is 0.604. The van der Waals surface area contributed by atoms with E-state index in [1.54, 1.807) is 18.7 Å². The molecule has 0 radical (unpaired) electrons. The van der Waals surface area contributed by atoms with Crippen LogP contribution in [0.3, 0.4) is 0 Å². The summed E-state index contributed by atoms with van der Waals surface area (Å²) in [6, 6.07) is 6.88. The highest BCUT2D eigenvalue weighted by molar-refractivity contribution is 5.95. The number of hydrogen-bond acceptors (Lipinski definition) is 6. The molecule has 1 saturated heterocycles. The zero-order valence-electron chi connectivity index (χ0n) is 20.1. The van der Waals surface area contributed by atoms with Crippen molar-refractivity contribution in [1.29, 1.82) is 0 Å². The highest BCUT2D eigenvalue weighted by Crippen LogP contribution is 2.34. The average molecular weight is 458 g/mol. The van der Waals surface area contributed by atoms with Gasteiger partial charge in [0.2, 0.25) is 0 Å². The number of carbonyl (C=O) groups excluding carboxylic acids is 3. The highest BCUT2D eigenvalue weighted by atomic mass is 16.5. The van der Waals surface area contributed by atoms with Crippen molar-refractivity contribution >= 4 is 18.0 Å². The number of nitrogens with zero attached hydrogens (tertiary/aromatic N) is 2. The summed E-state index contributed by atoms with van der Waals surface area (Å²) in [5, 5.41) is 3.01. The maximum absolute atomic E-state index is 13.2. The maximum atomic E-state index is 13.2. The summed E-state index contributed by atoms with van der Waals surface area (Å²) in [6.45, 7) is 10.1. The summed E-state index contributed by atoms with van der Waals surface area (Å²) in [6.07, 6.45) is 1.63. The standard InChI is InChI=1S/C25H35N3O5/c1-5-28-20(16-27-14-10-12-18(15-27)23(29)32-6-2)21(24(30)33-7-3)22(26-25(28)31)19-13-9-8-11-17(19)4/h8-9,11,13,18,22H,5-7,10,12,14-16H2,1-4H3,(H,26,31)/t18-,22-/m0/s1. The van der Waals surface area contributed by atoms with Crippen molar-refractivity contribution in [3.05, 3.63) is 46.7 Å². The monoisotopic (exact) mass is 457 g/mol. The molecule has 0 aliphatic carbocycles. The van der Waals surface area contributed by atoms with Crippen molar-refractivity contribution in [3.63, 3.8) is 0 Å². The molecular formula is C25H35N3O5. The number of urea groups is 1. The Hall–Kier alpha value is -2.87. The van der Waals surface area contributed by atoms with Gasteiger partial charge in [-0.25, -0.2) is 9.59 Å². The molecule has 2 heterocycles. The van der Waals surface area contributed by atoms with E-state index >= 15 is 0 Å². The average Bonchev–Trinajstić information content (AvgIpc) is 2.79. The second-order valence-corrected chi connectivity index (χ2v) is 8.39. The Morgan fingerprint density at radius 1 is 1.12 bits per heavy atom. The molecule has 2 amide bonds. The molecule has 8 heteroatoms. The number of likely N-dealkylation sites (tertiary alicyclic amines) is 1. The van der Waals surface area contributed by atoms with Crippen molar-refractivity contribution in [2.24, 2.45) is 5.92 Å². The largest absolute Gasteiger partial charge is 0.466 e. The lowest BCUT2D eigenvalue weighted by molar-refractivity contribution is -0.150. The van der Waals surface area contributed by atoms with Gasteiger partial charge in [0.05, 0.1) is 30.7 Å². The van der Waals surface area contributed by atoms with Crippen LogP contribution in [0.1, 0.15) is 50.8 Å².